The van der Waals surface area contributed by atoms with Gasteiger partial charge in [-0.3, -0.25) is 19.7 Å². The lowest BCUT2D eigenvalue weighted by Gasteiger charge is -2.37. The van der Waals surface area contributed by atoms with Gasteiger partial charge in [0, 0.05) is 19.2 Å². The van der Waals surface area contributed by atoms with Gasteiger partial charge in [0.2, 0.25) is 11.8 Å². The van der Waals surface area contributed by atoms with Crippen molar-refractivity contribution in [2.75, 3.05) is 61.9 Å². The highest BCUT2D eigenvalue weighted by Gasteiger charge is 2.40. The van der Waals surface area contributed by atoms with Crippen molar-refractivity contribution in [2.45, 2.75) is 188 Å². The first-order valence-electron chi connectivity index (χ1n) is 37.2. The van der Waals surface area contributed by atoms with Crippen molar-refractivity contribution in [3.63, 3.8) is 0 Å². The van der Waals surface area contributed by atoms with Gasteiger partial charge in [0.25, 0.3) is 5.69 Å². The van der Waals surface area contributed by atoms with Gasteiger partial charge in [-0.05, 0) is 253 Å². The van der Waals surface area contributed by atoms with Crippen LogP contribution in [0.5, 0.6) is 40.2 Å². The number of nitro benzene ring substituents is 1. The van der Waals surface area contributed by atoms with Crippen LogP contribution in [0.4, 0.5) is 5.69 Å². The summed E-state index contributed by atoms with van der Waals surface area (Å²) >= 11 is 0. The fourth-order valence-corrected chi connectivity index (χ4v) is 14.5. The summed E-state index contributed by atoms with van der Waals surface area (Å²) in [6, 6.07) is 35.6. The summed E-state index contributed by atoms with van der Waals surface area (Å²) in [6.07, 6.45) is 2.67. The standard InChI is InChI=1S/C86H103N3O19/c1-15-68(64-42-52(3)55(6)78(48-64)100-12)83(92)87-39-19-17-27-71(87)85(94)107-75(36-30-59-29-35-74(98-10)54(5)41-59)62-23-21-25-66(45-62)103-50-81(90)105-57(8)61-33-34-70(73(47-61)89(96)97)58(9)106-82(91)51-104-67-26-22-24-63(46-67)76(37-31-60-32-38-77(99-11)80(44-60)102-14)108-86(95)72-28-18-20-40-88(72)84(93)69(16-2)65-43-53(4)56(7)79(49-65)101-13/h21-26,29,32-35,38,41-49,57-58,68-69,71-72,75-76H,15-20,27-28,30-31,36-37,39-40,50-51H2,1-14H3/t57?,58?,68-,69-,71-,72?,75?,76+/m0/s1. The SMILES string of the molecule is CC[C@H](C(=O)N1CCCCC1C(=O)O[C@H](CCc1ccc(OC)c(OC)c1)c1cccc(OCC(=O)OC(C)c2ccc(C(C)OC(=O)COc3cccc(C(CCc4ccc(OC)c(C)c4)OC(=O)[C@@H]4CCCCN4C(=O)[C@@H](CC)c4cc(C)c(C)c(OC)c4)c3)cc2[N+](=O)[O-])c1)c1cc(C)c(C)c(OC)c1. The van der Waals surface area contributed by atoms with Gasteiger partial charge in [-0.15, -0.1) is 0 Å². The van der Waals surface area contributed by atoms with Gasteiger partial charge < -0.3 is 61.9 Å². The number of amides is 2. The number of carbonyl (C=O) groups excluding carboxylic acids is 6. The van der Waals surface area contributed by atoms with Gasteiger partial charge in [-0.25, -0.2) is 19.2 Å². The predicted molar refractivity (Wildman–Crippen MR) is 407 cm³/mol. The van der Waals surface area contributed by atoms with Crippen molar-refractivity contribution in [3.8, 4) is 40.2 Å². The molecular weight excluding hydrogens is 1380 g/mol. The van der Waals surface area contributed by atoms with E-state index in [1.165, 1.54) is 19.1 Å². The Labute approximate surface area is 633 Å². The molecule has 7 aromatic rings. The van der Waals surface area contributed by atoms with E-state index >= 15 is 0 Å². The summed E-state index contributed by atoms with van der Waals surface area (Å²) in [5.41, 5.74) is 9.56. The molecule has 22 heteroatoms. The van der Waals surface area contributed by atoms with Gasteiger partial charge in [0.15, 0.2) is 24.7 Å². The van der Waals surface area contributed by atoms with E-state index < -0.39 is 90.3 Å². The Kier molecular flexibility index (Phi) is 28.8. The molecule has 0 aromatic heterocycles. The minimum atomic E-state index is -1.13. The Morgan fingerprint density at radius 2 is 0.917 bits per heavy atom. The average Bonchev–Trinajstić information content (AvgIpc) is 0.807. The third-order valence-corrected chi connectivity index (χ3v) is 20.8. The Bertz CT molecular complexity index is 4340. The lowest BCUT2D eigenvalue weighted by molar-refractivity contribution is -0.386. The highest BCUT2D eigenvalue weighted by atomic mass is 16.6. The molecule has 2 aliphatic heterocycles. The molecule has 0 spiro atoms. The van der Waals surface area contributed by atoms with Crippen LogP contribution in [0.15, 0.2) is 127 Å². The van der Waals surface area contributed by atoms with Crippen LogP contribution in [0.25, 0.3) is 0 Å². The van der Waals surface area contributed by atoms with Crippen LogP contribution in [-0.4, -0.2) is 124 Å². The van der Waals surface area contributed by atoms with Crippen LogP contribution in [0.1, 0.15) is 200 Å². The molecule has 0 N–H and O–H groups in total. The Morgan fingerprint density at radius 1 is 0.463 bits per heavy atom. The van der Waals surface area contributed by atoms with E-state index in [0.29, 0.717) is 98.6 Å². The largest absolute Gasteiger partial charge is 0.496 e. The van der Waals surface area contributed by atoms with E-state index in [1.807, 2.05) is 109 Å². The number of rotatable bonds is 34. The topological polar surface area (TPSA) is 254 Å². The second-order valence-electron chi connectivity index (χ2n) is 27.8. The maximum Gasteiger partial charge on any atom is 0.344 e. The van der Waals surface area contributed by atoms with E-state index in [4.69, 9.17) is 52.1 Å². The summed E-state index contributed by atoms with van der Waals surface area (Å²) < 4.78 is 64.4. The van der Waals surface area contributed by atoms with Gasteiger partial charge in [-0.2, -0.15) is 0 Å². The number of nitrogens with zero attached hydrogens (tertiary/aromatic N) is 3. The summed E-state index contributed by atoms with van der Waals surface area (Å²) in [5.74, 6) is -0.270. The van der Waals surface area contributed by atoms with Crippen molar-refractivity contribution in [1.29, 1.82) is 0 Å². The molecular formula is C86H103N3O19. The summed E-state index contributed by atoms with van der Waals surface area (Å²) in [6.45, 7) is 16.5. The van der Waals surface area contributed by atoms with E-state index in [2.05, 4.69) is 0 Å². The number of methoxy groups -OCH3 is 5. The predicted octanol–water partition coefficient (Wildman–Crippen LogP) is 16.1. The van der Waals surface area contributed by atoms with Crippen LogP contribution in [-0.2, 0) is 60.6 Å². The molecule has 0 bridgehead atoms. The molecule has 2 fully saturated rings. The van der Waals surface area contributed by atoms with Crippen molar-refractivity contribution in [2.24, 2.45) is 0 Å². The zero-order valence-electron chi connectivity index (χ0n) is 64.7. The monoisotopic (exact) mass is 1480 g/mol. The van der Waals surface area contributed by atoms with Crippen LogP contribution in [0.3, 0.4) is 0 Å². The molecule has 2 aliphatic rings. The average molecular weight is 1480 g/mol. The Balaban J connectivity index is 0.836. The number of piperidine rings is 2. The molecule has 8 atom stereocenters. The molecule has 2 heterocycles. The maximum atomic E-state index is 14.6. The summed E-state index contributed by atoms with van der Waals surface area (Å²) in [4.78, 5) is 101. The molecule has 108 heavy (non-hydrogen) atoms. The molecule has 0 saturated carbocycles. The molecule has 9 rings (SSSR count). The molecule has 7 aromatic carbocycles. The molecule has 2 saturated heterocycles. The Morgan fingerprint density at radius 3 is 1.36 bits per heavy atom. The quantitative estimate of drug-likeness (QED) is 0.0157. The highest BCUT2D eigenvalue weighted by Crippen LogP contribution is 2.39. The Hall–Kier alpha value is -10.6. The number of hydrogen-bond acceptors (Lipinski definition) is 19. The zero-order valence-corrected chi connectivity index (χ0v) is 64.7. The van der Waals surface area contributed by atoms with Crippen LogP contribution >= 0.6 is 0 Å². The number of likely N-dealkylation sites (tertiary alicyclic amines) is 2. The highest BCUT2D eigenvalue weighted by molar-refractivity contribution is 5.90. The number of aryl methyl sites for hydroxylation is 5. The van der Waals surface area contributed by atoms with E-state index in [1.54, 1.807) is 107 Å². The maximum absolute atomic E-state index is 14.6. The molecule has 0 radical (unpaired) electrons. The van der Waals surface area contributed by atoms with Gasteiger partial charge >= 0.3 is 23.9 Å². The third kappa shape index (κ3) is 20.3. The number of carbonyl (C=O) groups is 6. The minimum absolute atomic E-state index is 0.0706. The lowest BCUT2D eigenvalue weighted by atomic mass is 9.90. The van der Waals surface area contributed by atoms with Gasteiger partial charge in [0.05, 0.1) is 57.9 Å². The van der Waals surface area contributed by atoms with Gasteiger partial charge in [0.1, 0.15) is 65.2 Å². The summed E-state index contributed by atoms with van der Waals surface area (Å²) in [7, 11) is 7.94. The molecule has 4 unspecified atom stereocenters. The smallest absolute Gasteiger partial charge is 0.344 e. The second-order valence-corrected chi connectivity index (χ2v) is 27.8. The first kappa shape index (κ1) is 81.4. The lowest BCUT2D eigenvalue weighted by Crippen LogP contribution is -2.50. The fraction of sp³-hybridized carbons (Fsp3) is 0.442. The molecule has 2 amide bonds. The van der Waals surface area contributed by atoms with Crippen molar-refractivity contribution in [1.82, 2.24) is 9.80 Å². The zero-order chi connectivity index (χ0) is 77.9. The van der Waals surface area contributed by atoms with E-state index in [9.17, 15) is 38.9 Å². The number of hydrogen-bond donors (Lipinski definition) is 0. The number of nitro groups is 1. The van der Waals surface area contributed by atoms with E-state index in [-0.39, 0.29) is 40.1 Å². The summed E-state index contributed by atoms with van der Waals surface area (Å²) in [5, 5.41) is 12.7. The third-order valence-electron chi connectivity index (χ3n) is 20.8. The second kappa shape index (κ2) is 38.2. The first-order chi connectivity index (χ1) is 51.9. The van der Waals surface area contributed by atoms with Crippen LogP contribution < -0.4 is 33.2 Å². The molecule has 0 aliphatic carbocycles. The normalized spacial score (nSPS) is 15.9. The molecule has 576 valence electrons. The van der Waals surface area contributed by atoms with E-state index in [0.717, 1.165) is 81.5 Å². The van der Waals surface area contributed by atoms with Crippen LogP contribution in [0, 0.1) is 44.7 Å². The van der Waals surface area contributed by atoms with Gasteiger partial charge in [-0.1, -0.05) is 74.5 Å². The minimum Gasteiger partial charge on any atom is -0.496 e. The van der Waals surface area contributed by atoms with Crippen molar-refractivity contribution < 1.29 is 85.8 Å². The molecule has 22 nitrogen and oxygen atoms in total. The number of ether oxygens (including phenoxy) is 11. The van der Waals surface area contributed by atoms with Crippen LogP contribution in [0.2, 0.25) is 0 Å². The fourth-order valence-electron chi connectivity index (χ4n) is 14.5. The van der Waals surface area contributed by atoms with Crippen molar-refractivity contribution >= 4 is 41.4 Å². The number of benzene rings is 7. The van der Waals surface area contributed by atoms with Crippen molar-refractivity contribution in [3.05, 3.63) is 210 Å². The first-order valence-corrected chi connectivity index (χ1v) is 37.2. The number of esters is 4.